The highest BCUT2D eigenvalue weighted by Gasteiger charge is 2.70. The number of piperidine rings is 1. The summed E-state index contributed by atoms with van der Waals surface area (Å²) in [6.07, 6.45) is 6.45. The second-order valence-electron chi connectivity index (χ2n) is 17.0. The van der Waals surface area contributed by atoms with E-state index in [0.717, 1.165) is 12.8 Å². The number of primary amides is 1. The van der Waals surface area contributed by atoms with Crippen molar-refractivity contribution in [1.29, 1.82) is 0 Å². The number of hydrogen-bond acceptors (Lipinski definition) is 7. The number of nitrogens with zero attached hydrogens (tertiary/aromatic N) is 3. The molecule has 6 N–H and O–H groups in total. The van der Waals surface area contributed by atoms with Gasteiger partial charge in [-0.1, -0.05) is 68.2 Å². The van der Waals surface area contributed by atoms with E-state index in [1.165, 1.54) is 23.4 Å². The number of aromatic hydroxyl groups is 1. The maximum Gasteiger partial charge on any atom is 0.315 e. The van der Waals surface area contributed by atoms with Crippen molar-refractivity contribution in [3.05, 3.63) is 29.9 Å². The summed E-state index contributed by atoms with van der Waals surface area (Å²) in [5.74, 6) is -2.78. The van der Waals surface area contributed by atoms with Gasteiger partial charge in [-0.2, -0.15) is 4.73 Å². The Morgan fingerprint density at radius 3 is 2.29 bits per heavy atom. The number of carbonyl (C=O) groups is 5. The second kappa shape index (κ2) is 12.5. The van der Waals surface area contributed by atoms with Crippen LogP contribution in [-0.4, -0.2) is 74.8 Å². The minimum absolute atomic E-state index is 0.0356. The fourth-order valence-electron chi connectivity index (χ4n) is 7.36. The highest BCUT2D eigenvalue weighted by atomic mass is 16.5. The average Bonchev–Trinajstić information content (AvgIpc) is 3.79. The van der Waals surface area contributed by atoms with Gasteiger partial charge >= 0.3 is 6.03 Å². The van der Waals surface area contributed by atoms with E-state index in [1.807, 2.05) is 55.4 Å². The third-order valence-corrected chi connectivity index (χ3v) is 10.8. The summed E-state index contributed by atoms with van der Waals surface area (Å²) in [6, 6.07) is -2.53. The molecule has 14 heteroatoms. The van der Waals surface area contributed by atoms with Crippen LogP contribution in [0, 0.1) is 39.2 Å². The molecule has 14 nitrogen and oxygen atoms in total. The van der Waals surface area contributed by atoms with Crippen molar-refractivity contribution < 1.29 is 33.8 Å². The predicted molar refractivity (Wildman–Crippen MR) is 180 cm³/mol. The molecule has 3 heterocycles. The lowest BCUT2D eigenvalue weighted by atomic mass is 9.85. The molecule has 268 valence electrons. The lowest BCUT2D eigenvalue weighted by molar-refractivity contribution is -0.603. The zero-order valence-corrected chi connectivity index (χ0v) is 29.7. The topological polar surface area (TPSA) is 203 Å². The quantitative estimate of drug-likeness (QED) is 0.135. The molecule has 1 unspecified atom stereocenters. The fraction of sp³-hybridized carbons (Fsp3) is 0.657. The molecule has 1 aliphatic heterocycles. The smallest absolute Gasteiger partial charge is 0.315 e. The Morgan fingerprint density at radius 1 is 1.06 bits per heavy atom. The standard InChI is InChI=1S/C35H51N7O7/c1-33(2,3)23(17-40-14-19-15-41(49)12-11-20(19)30(40)46)38-32(48)39-27(34(4,5)6)31(47)42-16-21-24(35(21,7)8)25(42)29(45)37-22(13-18-9-10-18)26(43)28(36)44/h11-12,14-15,18,21-25,27,46H,9-10,13,16-17H2,1-8H3,(H2,36,44)(H,37,45)(H2,38,39,48)/t21-,22?,23+,24-,25-,27+/m0/s1. The van der Waals surface area contributed by atoms with E-state index in [-0.39, 0.29) is 35.6 Å². The van der Waals surface area contributed by atoms with Crippen molar-refractivity contribution in [1.82, 2.24) is 25.4 Å². The van der Waals surface area contributed by atoms with Crippen LogP contribution in [0.5, 0.6) is 5.88 Å². The van der Waals surface area contributed by atoms with Gasteiger partial charge in [-0.15, -0.1) is 0 Å². The first kappa shape index (κ1) is 35.9. The van der Waals surface area contributed by atoms with Gasteiger partial charge in [0.05, 0.1) is 22.9 Å². The molecule has 0 spiro atoms. The lowest BCUT2D eigenvalue weighted by Gasteiger charge is -2.38. The Morgan fingerprint density at radius 2 is 1.71 bits per heavy atom. The van der Waals surface area contributed by atoms with Crippen molar-refractivity contribution in [2.24, 2.45) is 39.7 Å². The predicted octanol–water partition coefficient (Wildman–Crippen LogP) is 1.93. The van der Waals surface area contributed by atoms with Gasteiger partial charge in [-0.3, -0.25) is 19.2 Å². The van der Waals surface area contributed by atoms with Crippen LogP contribution >= 0.6 is 0 Å². The normalized spacial score (nSPS) is 23.3. The third kappa shape index (κ3) is 7.32. The summed E-state index contributed by atoms with van der Waals surface area (Å²) in [4.78, 5) is 67.9. The number of nitrogens with one attached hydrogen (secondary N) is 3. The number of likely N-dealkylation sites (tertiary alicyclic amines) is 1. The summed E-state index contributed by atoms with van der Waals surface area (Å²) in [5, 5.41) is 32.4. The molecule has 1 saturated heterocycles. The van der Waals surface area contributed by atoms with Crippen LogP contribution in [0.15, 0.2) is 24.7 Å². The Hall–Kier alpha value is -4.36. The summed E-state index contributed by atoms with van der Waals surface area (Å²) in [6.45, 7) is 15.9. The molecule has 3 aliphatic rings. The van der Waals surface area contributed by atoms with E-state index in [1.54, 1.807) is 10.8 Å². The van der Waals surface area contributed by atoms with Crippen LogP contribution in [-0.2, 0) is 25.7 Å². The average molecular weight is 682 g/mol. The highest BCUT2D eigenvalue weighted by molar-refractivity contribution is 6.37. The largest absolute Gasteiger partial charge is 0.619 e. The van der Waals surface area contributed by atoms with E-state index in [0.29, 0.717) is 28.5 Å². The van der Waals surface area contributed by atoms with E-state index in [2.05, 4.69) is 16.0 Å². The molecule has 49 heavy (non-hydrogen) atoms. The van der Waals surface area contributed by atoms with Crippen LogP contribution in [0.1, 0.15) is 74.7 Å². The van der Waals surface area contributed by atoms with Gasteiger partial charge in [-0.05, 0) is 40.4 Å². The van der Waals surface area contributed by atoms with E-state index >= 15 is 0 Å². The lowest BCUT2D eigenvalue weighted by Crippen LogP contribution is -2.62. The number of carbonyl (C=O) groups excluding carboxylic acids is 5. The minimum Gasteiger partial charge on any atom is -0.619 e. The SMILES string of the molecule is CC(C)(C)[C@H](NC(=O)N[C@H](Cn1cc2c[n+]([O-])ccc2c1O)C(C)(C)C)C(=O)N1C[C@H]2[C@@H]([C@H]1C(=O)NC(CC1CC1)C(=O)C(N)=O)C2(C)C. The van der Waals surface area contributed by atoms with Crippen molar-refractivity contribution in [2.45, 2.75) is 105 Å². The number of pyridine rings is 1. The van der Waals surface area contributed by atoms with Crippen molar-refractivity contribution in [3.63, 3.8) is 0 Å². The molecule has 2 aromatic heterocycles. The van der Waals surface area contributed by atoms with Gasteiger partial charge in [0.25, 0.3) is 5.91 Å². The zero-order chi connectivity index (χ0) is 36.4. The monoisotopic (exact) mass is 681 g/mol. The van der Waals surface area contributed by atoms with E-state index in [4.69, 9.17) is 5.73 Å². The van der Waals surface area contributed by atoms with Gasteiger partial charge < -0.3 is 41.5 Å². The molecule has 5 amide bonds. The van der Waals surface area contributed by atoms with Crippen molar-refractivity contribution in [3.8, 4) is 5.88 Å². The number of Topliss-reactive ketones (excluding diaryl/α,β-unsaturated/α-hetero) is 1. The molecule has 2 saturated carbocycles. The van der Waals surface area contributed by atoms with Gasteiger partial charge in [0, 0.05) is 25.4 Å². The van der Waals surface area contributed by atoms with Crippen LogP contribution < -0.4 is 26.4 Å². The summed E-state index contributed by atoms with van der Waals surface area (Å²) < 4.78 is 2.23. The Kier molecular flexibility index (Phi) is 9.17. The Balaban J connectivity index is 1.34. The highest BCUT2D eigenvalue weighted by Crippen LogP contribution is 2.65. The number of fused-ring (bicyclic) bond motifs is 2. The third-order valence-electron chi connectivity index (χ3n) is 10.8. The Labute approximate surface area is 286 Å². The van der Waals surface area contributed by atoms with Crippen LogP contribution in [0.2, 0.25) is 0 Å². The maximum atomic E-state index is 14.4. The summed E-state index contributed by atoms with van der Waals surface area (Å²) in [7, 11) is 0. The number of rotatable bonds is 11. The molecule has 0 aromatic carbocycles. The molecule has 3 fully saturated rings. The number of amides is 5. The van der Waals surface area contributed by atoms with E-state index < -0.39 is 64.5 Å². The second-order valence-corrected chi connectivity index (χ2v) is 17.0. The van der Waals surface area contributed by atoms with Crippen LogP contribution in [0.3, 0.4) is 0 Å². The van der Waals surface area contributed by atoms with Gasteiger partial charge in [0.15, 0.2) is 18.3 Å². The van der Waals surface area contributed by atoms with Crippen molar-refractivity contribution in [2.75, 3.05) is 6.54 Å². The number of hydrogen-bond donors (Lipinski definition) is 5. The summed E-state index contributed by atoms with van der Waals surface area (Å²) in [5.41, 5.74) is 3.87. The van der Waals surface area contributed by atoms with Crippen LogP contribution in [0.4, 0.5) is 4.79 Å². The number of aromatic nitrogens is 2. The molecule has 6 atom stereocenters. The van der Waals surface area contributed by atoms with Crippen molar-refractivity contribution >= 4 is 40.3 Å². The van der Waals surface area contributed by atoms with Gasteiger partial charge in [-0.25, -0.2) is 4.79 Å². The number of nitrogens with two attached hydrogens (primary N) is 1. The van der Waals surface area contributed by atoms with Gasteiger partial charge in [0.2, 0.25) is 17.6 Å². The van der Waals surface area contributed by atoms with Crippen LogP contribution in [0.25, 0.3) is 10.8 Å². The van der Waals surface area contributed by atoms with Gasteiger partial charge in [0.1, 0.15) is 12.1 Å². The molecule has 5 rings (SSSR count). The summed E-state index contributed by atoms with van der Waals surface area (Å²) >= 11 is 0. The molecular formula is C35H51N7O7. The molecule has 0 bridgehead atoms. The minimum atomic E-state index is -1.11. The number of urea groups is 1. The Bertz CT molecular complexity index is 1670. The first-order chi connectivity index (χ1) is 22.6. The maximum absolute atomic E-state index is 14.4. The fourth-order valence-corrected chi connectivity index (χ4v) is 7.36. The molecule has 0 radical (unpaired) electrons. The molecule has 2 aromatic rings. The van der Waals surface area contributed by atoms with E-state index in [9.17, 15) is 34.3 Å². The first-order valence-corrected chi connectivity index (χ1v) is 17.0. The first-order valence-electron chi connectivity index (χ1n) is 17.0. The zero-order valence-electron chi connectivity index (χ0n) is 29.7. The molecule has 2 aliphatic carbocycles. The molecular weight excluding hydrogens is 630 g/mol. The number of ketones is 1.